The van der Waals surface area contributed by atoms with Gasteiger partial charge in [0.25, 0.3) is 0 Å². The molecule has 0 spiro atoms. The molecular weight excluding hydrogens is 354 g/mol. The number of nitrogens with zero attached hydrogens (tertiary/aromatic N) is 1. The summed E-state index contributed by atoms with van der Waals surface area (Å²) in [7, 11) is 2.21. The molecule has 0 amide bonds. The molecule has 0 bridgehead atoms. The molecule has 1 aromatic rings. The maximum absolute atomic E-state index is 11.6. The van der Waals surface area contributed by atoms with Crippen LogP contribution in [0.25, 0.3) is 0 Å². The highest BCUT2D eigenvalue weighted by Crippen LogP contribution is 2.28. The third kappa shape index (κ3) is 6.03. The number of esters is 4. The summed E-state index contributed by atoms with van der Waals surface area (Å²) in [5.74, 6) is -4.20. The minimum Gasteiger partial charge on any atom is -0.466 e. The molecule has 0 saturated heterocycles. The van der Waals surface area contributed by atoms with Crippen molar-refractivity contribution in [2.24, 2.45) is 0 Å². The third-order valence-electron chi connectivity index (χ3n) is 2.69. The summed E-state index contributed by atoms with van der Waals surface area (Å²) in [6.07, 6.45) is 1.51. The zero-order chi connectivity index (χ0) is 19.7. The molecule has 11 nitrogen and oxygen atoms in total. The normalized spacial score (nSPS) is 10.1. The van der Waals surface area contributed by atoms with Gasteiger partial charge in [-0.2, -0.15) is 0 Å². The molecule has 0 aliphatic carbocycles. The third-order valence-corrected chi connectivity index (χ3v) is 2.69. The summed E-state index contributed by atoms with van der Waals surface area (Å²) < 4.78 is 17.9. The molecule has 0 aliphatic heterocycles. The van der Waals surface area contributed by atoms with Crippen LogP contribution in [0.4, 0.5) is 5.69 Å². The highest BCUT2D eigenvalue weighted by molar-refractivity contribution is 5.92. The van der Waals surface area contributed by atoms with Crippen molar-refractivity contribution < 1.29 is 43.0 Å². The lowest BCUT2D eigenvalue weighted by molar-refractivity contribution is -0.385. The zero-order valence-corrected chi connectivity index (χ0v) is 13.6. The number of benzene rings is 1. The van der Waals surface area contributed by atoms with Gasteiger partial charge in [0, 0.05) is 18.2 Å². The Hall–Kier alpha value is -3.76. The van der Waals surface area contributed by atoms with E-state index in [1.54, 1.807) is 0 Å². The first-order valence-electron chi connectivity index (χ1n) is 6.78. The Morgan fingerprint density at radius 3 is 2.31 bits per heavy atom. The Morgan fingerprint density at radius 1 is 1.08 bits per heavy atom. The van der Waals surface area contributed by atoms with Crippen molar-refractivity contribution in [1.82, 2.24) is 0 Å². The summed E-state index contributed by atoms with van der Waals surface area (Å²) in [5, 5.41) is 11.0. The Morgan fingerprint density at radius 2 is 1.73 bits per heavy atom. The van der Waals surface area contributed by atoms with E-state index >= 15 is 0 Å². The van der Waals surface area contributed by atoms with Gasteiger partial charge in [0.2, 0.25) is 5.75 Å². The molecule has 0 N–H and O–H groups in total. The quantitative estimate of drug-likeness (QED) is 0.167. The number of nitro groups is 1. The van der Waals surface area contributed by atoms with Crippen LogP contribution in [0.5, 0.6) is 5.75 Å². The number of nitro benzene ring substituents is 1. The van der Waals surface area contributed by atoms with Gasteiger partial charge in [-0.1, -0.05) is 0 Å². The molecule has 1 rings (SSSR count). The van der Waals surface area contributed by atoms with Crippen LogP contribution in [0.3, 0.4) is 0 Å². The molecule has 0 aliphatic rings. The molecule has 1 aromatic carbocycles. The number of hydrogen-bond acceptors (Lipinski definition) is 10. The van der Waals surface area contributed by atoms with Gasteiger partial charge in [0.05, 0.1) is 24.7 Å². The predicted octanol–water partition coefficient (Wildman–Crippen LogP) is 0.559. The molecule has 11 heteroatoms. The summed E-state index contributed by atoms with van der Waals surface area (Å²) in [4.78, 5) is 55.2. The van der Waals surface area contributed by atoms with Gasteiger partial charge in [-0.3, -0.25) is 10.1 Å². The summed E-state index contributed by atoms with van der Waals surface area (Å²) >= 11 is 0. The van der Waals surface area contributed by atoms with Crippen molar-refractivity contribution in [1.29, 1.82) is 0 Å². The maximum Gasteiger partial charge on any atom is 0.349 e. The largest absolute Gasteiger partial charge is 0.466 e. The number of methoxy groups -OCH3 is 2. The highest BCUT2D eigenvalue weighted by atomic mass is 16.6. The van der Waals surface area contributed by atoms with E-state index in [1.165, 1.54) is 0 Å². The first-order chi connectivity index (χ1) is 12.3. The average molecular weight is 367 g/mol. The molecule has 0 heterocycles. The molecule has 0 saturated carbocycles. The molecule has 26 heavy (non-hydrogen) atoms. The SMILES string of the molecule is COC(=O)C=CC(=O)OCC(=O)Oc1ccc(C(=O)OC)cc1[N+](=O)[O-]. The Labute approximate surface area is 146 Å². The van der Waals surface area contributed by atoms with Crippen molar-refractivity contribution >= 4 is 29.6 Å². The first kappa shape index (κ1) is 20.3. The van der Waals surface area contributed by atoms with Crippen LogP contribution < -0.4 is 4.74 Å². The molecular formula is C15H13NO10. The van der Waals surface area contributed by atoms with Crippen molar-refractivity contribution in [3.63, 3.8) is 0 Å². The average Bonchev–Trinajstić information content (AvgIpc) is 2.63. The minimum atomic E-state index is -1.11. The van der Waals surface area contributed by atoms with Crippen LogP contribution in [-0.2, 0) is 28.6 Å². The molecule has 0 atom stereocenters. The Bertz CT molecular complexity index is 768. The second-order valence-electron chi connectivity index (χ2n) is 4.37. The van der Waals surface area contributed by atoms with Gasteiger partial charge >= 0.3 is 29.6 Å². The first-order valence-corrected chi connectivity index (χ1v) is 6.78. The Balaban J connectivity index is 2.76. The topological polar surface area (TPSA) is 148 Å². The van der Waals surface area contributed by atoms with Crippen LogP contribution in [0.1, 0.15) is 10.4 Å². The fourth-order valence-electron chi connectivity index (χ4n) is 1.53. The summed E-state index contributed by atoms with van der Waals surface area (Å²) in [6, 6.07) is 3.06. The van der Waals surface area contributed by atoms with Crippen LogP contribution in [-0.4, -0.2) is 49.6 Å². The van der Waals surface area contributed by atoms with Gasteiger partial charge in [0.1, 0.15) is 0 Å². The Kier molecular flexibility index (Phi) is 7.42. The van der Waals surface area contributed by atoms with E-state index in [4.69, 9.17) is 4.74 Å². The number of carbonyl (C=O) groups excluding carboxylic acids is 4. The maximum atomic E-state index is 11.6. The fraction of sp³-hybridized carbons (Fsp3) is 0.200. The van der Waals surface area contributed by atoms with Crippen LogP contribution in [0.2, 0.25) is 0 Å². The van der Waals surface area contributed by atoms with Crippen LogP contribution in [0.15, 0.2) is 30.4 Å². The van der Waals surface area contributed by atoms with Gasteiger partial charge < -0.3 is 18.9 Å². The van der Waals surface area contributed by atoms with Gasteiger partial charge in [0.15, 0.2) is 6.61 Å². The van der Waals surface area contributed by atoms with Crippen molar-refractivity contribution in [3.8, 4) is 5.75 Å². The van der Waals surface area contributed by atoms with Gasteiger partial charge in [-0.15, -0.1) is 0 Å². The van der Waals surface area contributed by atoms with E-state index in [-0.39, 0.29) is 5.56 Å². The van der Waals surface area contributed by atoms with Crippen molar-refractivity contribution in [3.05, 3.63) is 46.0 Å². The summed E-state index contributed by atoms with van der Waals surface area (Å²) in [5.41, 5.74) is -0.767. The summed E-state index contributed by atoms with van der Waals surface area (Å²) in [6.45, 7) is -0.861. The van der Waals surface area contributed by atoms with Gasteiger partial charge in [-0.25, -0.2) is 19.2 Å². The highest BCUT2D eigenvalue weighted by Gasteiger charge is 2.21. The van der Waals surface area contributed by atoms with Crippen molar-refractivity contribution in [2.45, 2.75) is 0 Å². The van der Waals surface area contributed by atoms with E-state index in [1.807, 2.05) is 0 Å². The number of ether oxygens (including phenoxy) is 4. The predicted molar refractivity (Wildman–Crippen MR) is 82.2 cm³/mol. The minimum absolute atomic E-state index is 0.113. The number of carbonyl (C=O) groups is 4. The smallest absolute Gasteiger partial charge is 0.349 e. The van der Waals surface area contributed by atoms with E-state index < -0.39 is 46.8 Å². The molecule has 0 fully saturated rings. The van der Waals surface area contributed by atoms with Crippen molar-refractivity contribution in [2.75, 3.05) is 20.8 Å². The van der Waals surface area contributed by atoms with E-state index in [0.29, 0.717) is 0 Å². The lowest BCUT2D eigenvalue weighted by Crippen LogP contribution is -2.18. The second kappa shape index (κ2) is 9.52. The number of hydrogen-bond donors (Lipinski definition) is 0. The van der Waals surface area contributed by atoms with Crippen LogP contribution >= 0.6 is 0 Å². The fourth-order valence-corrected chi connectivity index (χ4v) is 1.53. The molecule has 0 radical (unpaired) electrons. The van der Waals surface area contributed by atoms with E-state index in [2.05, 4.69) is 14.2 Å². The molecule has 0 aromatic heterocycles. The van der Waals surface area contributed by atoms with E-state index in [9.17, 15) is 29.3 Å². The lowest BCUT2D eigenvalue weighted by Gasteiger charge is -2.06. The van der Waals surface area contributed by atoms with E-state index in [0.717, 1.165) is 44.6 Å². The number of rotatable bonds is 7. The van der Waals surface area contributed by atoms with Crippen LogP contribution in [0, 0.1) is 10.1 Å². The zero-order valence-electron chi connectivity index (χ0n) is 13.6. The van der Waals surface area contributed by atoms with Gasteiger partial charge in [-0.05, 0) is 12.1 Å². The second-order valence-corrected chi connectivity index (χ2v) is 4.37. The monoisotopic (exact) mass is 367 g/mol. The molecule has 0 unspecified atom stereocenters. The molecule has 138 valence electrons. The standard InChI is InChI=1S/C15H13NO10/c1-23-12(17)5-6-13(18)25-8-14(19)26-11-4-3-9(15(20)24-2)7-10(11)16(21)22/h3-7H,8H2,1-2H3. The lowest BCUT2D eigenvalue weighted by atomic mass is 10.2.